The van der Waals surface area contributed by atoms with E-state index in [1.54, 1.807) is 42.5 Å². The standard InChI is InChI=1S/C21H12Cl2N8/c22-15-8-13(2-1-7-24)9-16(23)17(15)29-20-18-19(27-11-26-18)30-21(31-20)28-14-5-3-12(10-25)4-6-14/h1-6,8-9,11H,(H3,26,27,28,29,30,31)/b2-1+. The number of fused-ring (bicyclic) bond motifs is 1. The molecule has 2 aromatic carbocycles. The second-order valence-electron chi connectivity index (χ2n) is 6.26. The maximum Gasteiger partial charge on any atom is 0.231 e. The first-order valence-corrected chi connectivity index (χ1v) is 9.63. The van der Waals surface area contributed by atoms with Crippen molar-refractivity contribution >= 4 is 63.6 Å². The molecule has 0 saturated carbocycles. The Morgan fingerprint density at radius 3 is 2.42 bits per heavy atom. The molecule has 0 aliphatic carbocycles. The van der Waals surface area contributed by atoms with E-state index in [-0.39, 0.29) is 0 Å². The van der Waals surface area contributed by atoms with Crippen LogP contribution in [0.3, 0.4) is 0 Å². The Morgan fingerprint density at radius 1 is 1.00 bits per heavy atom. The number of imidazole rings is 1. The number of halogens is 2. The molecule has 10 heteroatoms. The summed E-state index contributed by atoms with van der Waals surface area (Å²) in [4.78, 5) is 16.1. The second kappa shape index (κ2) is 8.72. The third kappa shape index (κ3) is 4.41. The normalized spacial score (nSPS) is 10.7. The van der Waals surface area contributed by atoms with Crippen molar-refractivity contribution < 1.29 is 0 Å². The van der Waals surface area contributed by atoms with Crippen LogP contribution in [-0.4, -0.2) is 19.9 Å². The van der Waals surface area contributed by atoms with Crippen LogP contribution in [0.4, 0.5) is 23.1 Å². The minimum Gasteiger partial charge on any atom is -0.340 e. The summed E-state index contributed by atoms with van der Waals surface area (Å²) in [5.41, 5.74) is 3.43. The van der Waals surface area contributed by atoms with E-state index < -0.39 is 0 Å². The lowest BCUT2D eigenvalue weighted by Gasteiger charge is -2.13. The van der Waals surface area contributed by atoms with Gasteiger partial charge < -0.3 is 15.6 Å². The number of H-pyrrole nitrogens is 1. The fourth-order valence-corrected chi connectivity index (χ4v) is 3.40. The molecular formula is C21H12Cl2N8. The van der Waals surface area contributed by atoms with Crippen molar-refractivity contribution in [3.63, 3.8) is 0 Å². The molecule has 3 N–H and O–H groups in total. The van der Waals surface area contributed by atoms with Crippen molar-refractivity contribution in [2.24, 2.45) is 0 Å². The van der Waals surface area contributed by atoms with Crippen LogP contribution in [0, 0.1) is 22.7 Å². The fourth-order valence-electron chi connectivity index (χ4n) is 2.80. The van der Waals surface area contributed by atoms with E-state index in [0.29, 0.717) is 55.5 Å². The number of hydrogen-bond donors (Lipinski definition) is 3. The van der Waals surface area contributed by atoms with Gasteiger partial charge in [-0.2, -0.15) is 20.5 Å². The molecule has 0 saturated heterocycles. The molecule has 8 nitrogen and oxygen atoms in total. The van der Waals surface area contributed by atoms with Crippen LogP contribution in [0.5, 0.6) is 0 Å². The summed E-state index contributed by atoms with van der Waals surface area (Å²) in [6.45, 7) is 0. The number of nitrogens with zero attached hydrogens (tertiary/aromatic N) is 5. The van der Waals surface area contributed by atoms with Crippen molar-refractivity contribution in [1.29, 1.82) is 10.5 Å². The zero-order chi connectivity index (χ0) is 21.8. The number of aromatic nitrogens is 4. The van der Waals surface area contributed by atoms with E-state index in [1.807, 2.05) is 6.07 Å². The lowest BCUT2D eigenvalue weighted by Crippen LogP contribution is -2.03. The SMILES string of the molecule is N#C/C=C/c1cc(Cl)c(Nc2nc(Nc3ccc(C#N)cc3)nc3nc[nH]c23)c(Cl)c1. The number of allylic oxidation sites excluding steroid dienone is 1. The molecule has 0 unspecified atom stereocenters. The van der Waals surface area contributed by atoms with E-state index in [9.17, 15) is 0 Å². The zero-order valence-electron chi connectivity index (χ0n) is 15.7. The van der Waals surface area contributed by atoms with Gasteiger partial charge in [-0.25, -0.2) is 4.98 Å². The summed E-state index contributed by atoms with van der Waals surface area (Å²) in [5.74, 6) is 0.718. The van der Waals surface area contributed by atoms with Crippen molar-refractivity contribution in [2.75, 3.05) is 10.6 Å². The Morgan fingerprint density at radius 2 is 1.74 bits per heavy atom. The average molecular weight is 447 g/mol. The number of rotatable bonds is 5. The minimum absolute atomic E-state index is 0.299. The maximum absolute atomic E-state index is 8.94. The summed E-state index contributed by atoms with van der Waals surface area (Å²) in [7, 11) is 0. The molecule has 150 valence electrons. The molecule has 0 spiro atoms. The van der Waals surface area contributed by atoms with Crippen molar-refractivity contribution in [3.8, 4) is 12.1 Å². The largest absolute Gasteiger partial charge is 0.340 e. The number of hydrogen-bond acceptors (Lipinski definition) is 7. The van der Waals surface area contributed by atoms with Crippen LogP contribution in [0.1, 0.15) is 11.1 Å². The van der Waals surface area contributed by atoms with Crippen LogP contribution in [0.25, 0.3) is 17.2 Å². The third-order valence-corrected chi connectivity index (χ3v) is 4.81. The number of benzene rings is 2. The topological polar surface area (TPSA) is 126 Å². The van der Waals surface area contributed by atoms with E-state index in [1.165, 1.54) is 12.4 Å². The molecule has 0 bridgehead atoms. The first-order valence-electron chi connectivity index (χ1n) is 8.88. The van der Waals surface area contributed by atoms with E-state index in [0.717, 1.165) is 0 Å². The summed E-state index contributed by atoms with van der Waals surface area (Å²) in [6.07, 6.45) is 4.46. The Bertz CT molecular complexity index is 1350. The molecule has 2 heterocycles. The highest BCUT2D eigenvalue weighted by Crippen LogP contribution is 2.35. The van der Waals surface area contributed by atoms with Crippen molar-refractivity contribution in [1.82, 2.24) is 19.9 Å². The summed E-state index contributed by atoms with van der Waals surface area (Å²) < 4.78 is 0. The molecule has 0 aliphatic rings. The van der Waals surface area contributed by atoms with Gasteiger partial charge in [0.15, 0.2) is 11.5 Å². The molecule has 4 aromatic rings. The predicted octanol–water partition coefficient (Wildman–Crippen LogP) is 5.56. The molecule has 0 atom stereocenters. The van der Waals surface area contributed by atoms with Crippen molar-refractivity contribution in [2.45, 2.75) is 0 Å². The highest BCUT2D eigenvalue weighted by Gasteiger charge is 2.14. The van der Waals surface area contributed by atoms with Crippen LogP contribution in [0.15, 0.2) is 48.8 Å². The molecule has 0 fully saturated rings. The van der Waals surface area contributed by atoms with Crippen LogP contribution < -0.4 is 10.6 Å². The number of anilines is 4. The van der Waals surface area contributed by atoms with E-state index >= 15 is 0 Å². The molecule has 0 amide bonds. The number of nitriles is 2. The van der Waals surface area contributed by atoms with Gasteiger partial charge >= 0.3 is 0 Å². The van der Waals surface area contributed by atoms with Gasteiger partial charge in [0.1, 0.15) is 5.52 Å². The fraction of sp³-hybridized carbons (Fsp3) is 0. The first kappa shape index (κ1) is 20.2. The lowest BCUT2D eigenvalue weighted by atomic mass is 10.2. The van der Waals surface area contributed by atoms with Gasteiger partial charge in [-0.05, 0) is 48.0 Å². The number of nitrogens with one attached hydrogen (secondary N) is 3. The maximum atomic E-state index is 8.94. The monoisotopic (exact) mass is 446 g/mol. The van der Waals surface area contributed by atoms with Crippen LogP contribution in [0.2, 0.25) is 10.0 Å². The van der Waals surface area contributed by atoms with Crippen LogP contribution >= 0.6 is 23.2 Å². The van der Waals surface area contributed by atoms with Gasteiger partial charge in [0.25, 0.3) is 0 Å². The third-order valence-electron chi connectivity index (χ3n) is 4.21. The molecule has 4 rings (SSSR count). The average Bonchev–Trinajstić information content (AvgIpc) is 3.24. The van der Waals surface area contributed by atoms with Crippen LogP contribution in [-0.2, 0) is 0 Å². The molecule has 2 aromatic heterocycles. The highest BCUT2D eigenvalue weighted by molar-refractivity contribution is 6.39. The summed E-state index contributed by atoms with van der Waals surface area (Å²) in [6, 6.07) is 14.3. The van der Waals surface area contributed by atoms with E-state index in [4.69, 9.17) is 33.7 Å². The van der Waals surface area contributed by atoms with Gasteiger partial charge in [0.05, 0.1) is 39.8 Å². The van der Waals surface area contributed by atoms with Gasteiger partial charge in [0, 0.05) is 11.8 Å². The van der Waals surface area contributed by atoms with Gasteiger partial charge in [-0.3, -0.25) is 0 Å². The minimum atomic E-state index is 0.299. The molecule has 0 aliphatic heterocycles. The Balaban J connectivity index is 1.69. The summed E-state index contributed by atoms with van der Waals surface area (Å²) in [5, 5.41) is 24.6. The van der Waals surface area contributed by atoms with Gasteiger partial charge in [-0.15, -0.1) is 0 Å². The molecule has 0 radical (unpaired) electrons. The summed E-state index contributed by atoms with van der Waals surface area (Å²) >= 11 is 12.8. The van der Waals surface area contributed by atoms with Gasteiger partial charge in [-0.1, -0.05) is 23.2 Å². The quantitative estimate of drug-likeness (QED) is 0.342. The zero-order valence-corrected chi connectivity index (χ0v) is 17.2. The Hall–Kier alpha value is -4.11. The predicted molar refractivity (Wildman–Crippen MR) is 121 cm³/mol. The van der Waals surface area contributed by atoms with Crippen molar-refractivity contribution in [3.05, 3.63) is 70.0 Å². The lowest BCUT2D eigenvalue weighted by molar-refractivity contribution is 1.19. The molecular weight excluding hydrogens is 435 g/mol. The molecule has 31 heavy (non-hydrogen) atoms. The second-order valence-corrected chi connectivity index (χ2v) is 7.07. The Kier molecular flexibility index (Phi) is 5.67. The van der Waals surface area contributed by atoms with Gasteiger partial charge in [0.2, 0.25) is 5.95 Å². The Labute approximate surface area is 186 Å². The van der Waals surface area contributed by atoms with E-state index in [2.05, 4.69) is 36.6 Å². The first-order chi connectivity index (χ1) is 15.1. The highest BCUT2D eigenvalue weighted by atomic mass is 35.5. The smallest absolute Gasteiger partial charge is 0.231 e. The number of aromatic amines is 1.